The Labute approximate surface area is 121 Å². The Kier molecular flexibility index (Phi) is 3.43. The first-order chi connectivity index (χ1) is 9.79. The van der Waals surface area contributed by atoms with Crippen molar-refractivity contribution in [3.05, 3.63) is 48.9 Å². The molecule has 0 aliphatic rings. The number of hydrogen-bond donors (Lipinski definition) is 1. The Morgan fingerprint density at radius 1 is 1.10 bits per heavy atom. The third-order valence-corrected chi connectivity index (χ3v) is 4.08. The lowest BCUT2D eigenvalue weighted by Crippen LogP contribution is -1.91. The van der Waals surface area contributed by atoms with Crippen LogP contribution in [-0.2, 0) is 0 Å². The van der Waals surface area contributed by atoms with Gasteiger partial charge in [-0.15, -0.1) is 0 Å². The molecule has 0 saturated heterocycles. The first-order valence-electron chi connectivity index (χ1n) is 6.08. The number of nitrogens with two attached hydrogens (primary N) is 1. The van der Waals surface area contributed by atoms with Gasteiger partial charge in [0.1, 0.15) is 10.8 Å². The van der Waals surface area contributed by atoms with Gasteiger partial charge in [-0.3, -0.25) is 4.98 Å². The Morgan fingerprint density at radius 3 is 2.80 bits per heavy atom. The molecule has 0 bridgehead atoms. The van der Waals surface area contributed by atoms with Crippen LogP contribution >= 0.6 is 11.8 Å². The van der Waals surface area contributed by atoms with Gasteiger partial charge < -0.3 is 10.5 Å². The van der Waals surface area contributed by atoms with Crippen molar-refractivity contribution in [1.82, 2.24) is 9.97 Å². The molecule has 3 rings (SSSR count). The number of hydrogen-bond acceptors (Lipinski definition) is 5. The van der Waals surface area contributed by atoms with E-state index in [1.54, 1.807) is 25.7 Å². The average Bonchev–Trinajstić information content (AvgIpc) is 2.49. The molecule has 2 N–H and O–H groups in total. The molecule has 0 aliphatic heterocycles. The van der Waals surface area contributed by atoms with Gasteiger partial charge in [0.2, 0.25) is 0 Å². The molecular formula is C15H13N3OS. The molecule has 0 fully saturated rings. The minimum absolute atomic E-state index is 0.652. The second-order valence-corrected chi connectivity index (χ2v) is 5.22. The predicted molar refractivity (Wildman–Crippen MR) is 81.1 cm³/mol. The summed E-state index contributed by atoms with van der Waals surface area (Å²) in [5, 5.41) is 2.99. The highest BCUT2D eigenvalue weighted by molar-refractivity contribution is 7.99. The number of fused-ring (bicyclic) bond motifs is 1. The molecular weight excluding hydrogens is 270 g/mol. The average molecular weight is 283 g/mol. The van der Waals surface area contributed by atoms with Gasteiger partial charge in [0.05, 0.1) is 19.0 Å². The van der Waals surface area contributed by atoms with E-state index in [2.05, 4.69) is 9.97 Å². The van der Waals surface area contributed by atoms with Gasteiger partial charge in [0.15, 0.2) is 0 Å². The van der Waals surface area contributed by atoms with Crippen LogP contribution in [0.5, 0.6) is 5.75 Å². The summed E-state index contributed by atoms with van der Waals surface area (Å²) >= 11 is 1.53. The van der Waals surface area contributed by atoms with Crippen LogP contribution < -0.4 is 10.5 Å². The largest absolute Gasteiger partial charge is 0.496 e. The maximum Gasteiger partial charge on any atom is 0.126 e. The van der Waals surface area contributed by atoms with Crippen LogP contribution in [0, 0.1) is 0 Å². The monoisotopic (exact) mass is 283 g/mol. The lowest BCUT2D eigenvalue weighted by molar-refractivity contribution is 0.419. The van der Waals surface area contributed by atoms with Crippen molar-refractivity contribution >= 4 is 28.2 Å². The van der Waals surface area contributed by atoms with Crippen molar-refractivity contribution in [2.24, 2.45) is 0 Å². The molecule has 20 heavy (non-hydrogen) atoms. The molecule has 0 atom stereocenters. The number of nitrogen functional groups attached to an aromatic ring is 1. The van der Waals surface area contributed by atoms with Gasteiger partial charge in [-0.05, 0) is 18.2 Å². The summed E-state index contributed by atoms with van der Waals surface area (Å²) in [5.74, 6) is 0.842. The first kappa shape index (κ1) is 12.7. The van der Waals surface area contributed by atoms with Crippen LogP contribution in [0.25, 0.3) is 10.8 Å². The maximum atomic E-state index is 5.93. The summed E-state index contributed by atoms with van der Waals surface area (Å²) < 4.78 is 5.38. The molecule has 0 amide bonds. The van der Waals surface area contributed by atoms with Gasteiger partial charge in [-0.1, -0.05) is 23.9 Å². The molecule has 100 valence electrons. The molecule has 1 aromatic carbocycles. The number of ether oxygens (including phenoxy) is 1. The molecule has 0 unspecified atom stereocenters. The van der Waals surface area contributed by atoms with Crippen LogP contribution in [0.15, 0.2) is 58.8 Å². The lowest BCUT2D eigenvalue weighted by atomic mass is 10.1. The minimum atomic E-state index is 0.652. The van der Waals surface area contributed by atoms with Gasteiger partial charge in [-0.2, -0.15) is 0 Å². The van der Waals surface area contributed by atoms with Crippen molar-refractivity contribution in [3.8, 4) is 5.75 Å². The van der Waals surface area contributed by atoms with E-state index in [-0.39, 0.29) is 0 Å². The van der Waals surface area contributed by atoms with Crippen LogP contribution in [-0.4, -0.2) is 17.1 Å². The molecule has 0 radical (unpaired) electrons. The van der Waals surface area contributed by atoms with E-state index >= 15 is 0 Å². The summed E-state index contributed by atoms with van der Waals surface area (Å²) in [6.07, 6.45) is 5.16. The fraction of sp³-hybridized carbons (Fsp3) is 0.0667. The van der Waals surface area contributed by atoms with Gasteiger partial charge >= 0.3 is 0 Å². The molecule has 0 aliphatic carbocycles. The van der Waals surface area contributed by atoms with E-state index in [9.17, 15) is 0 Å². The SMILES string of the molecule is COc1cccc2c(Sc3ccncc3N)nccc12. The number of anilines is 1. The number of benzene rings is 1. The summed E-state index contributed by atoms with van der Waals surface area (Å²) in [7, 11) is 1.67. The number of aromatic nitrogens is 2. The fourth-order valence-corrected chi connectivity index (χ4v) is 2.91. The summed E-state index contributed by atoms with van der Waals surface area (Å²) in [6, 6.07) is 9.78. The smallest absolute Gasteiger partial charge is 0.126 e. The second-order valence-electron chi connectivity index (χ2n) is 4.19. The Hall–Kier alpha value is -2.27. The Bertz CT molecular complexity index is 761. The molecule has 5 heteroatoms. The van der Waals surface area contributed by atoms with Crippen molar-refractivity contribution < 1.29 is 4.74 Å². The maximum absolute atomic E-state index is 5.93. The zero-order chi connectivity index (χ0) is 13.9. The third kappa shape index (κ3) is 2.28. The van der Waals surface area contributed by atoms with Crippen LogP contribution in [0.2, 0.25) is 0 Å². The van der Waals surface area contributed by atoms with Crippen molar-refractivity contribution in [1.29, 1.82) is 0 Å². The van der Waals surface area contributed by atoms with Gasteiger partial charge in [0.25, 0.3) is 0 Å². The Balaban J connectivity index is 2.11. The van der Waals surface area contributed by atoms with Crippen molar-refractivity contribution in [2.75, 3.05) is 12.8 Å². The quantitative estimate of drug-likeness (QED) is 0.798. The first-order valence-corrected chi connectivity index (χ1v) is 6.90. The van der Waals surface area contributed by atoms with Crippen molar-refractivity contribution in [3.63, 3.8) is 0 Å². The minimum Gasteiger partial charge on any atom is -0.496 e. The third-order valence-electron chi connectivity index (χ3n) is 2.97. The standard InChI is InChI=1S/C15H13N3OS/c1-19-13-4-2-3-11-10(13)5-8-18-15(11)20-14-6-7-17-9-12(14)16/h2-9H,16H2,1H3. The highest BCUT2D eigenvalue weighted by Gasteiger charge is 2.09. The topological polar surface area (TPSA) is 61.0 Å². The molecule has 4 nitrogen and oxygen atoms in total. The zero-order valence-electron chi connectivity index (χ0n) is 10.9. The van der Waals surface area contributed by atoms with Crippen LogP contribution in [0.1, 0.15) is 0 Å². The number of nitrogens with zero attached hydrogens (tertiary/aromatic N) is 2. The molecule has 0 saturated carbocycles. The van der Waals surface area contributed by atoms with Crippen LogP contribution in [0.3, 0.4) is 0 Å². The zero-order valence-corrected chi connectivity index (χ0v) is 11.7. The van der Waals surface area contributed by atoms with E-state index in [0.29, 0.717) is 5.69 Å². The van der Waals surface area contributed by atoms with E-state index in [1.165, 1.54) is 11.8 Å². The van der Waals surface area contributed by atoms with E-state index in [4.69, 9.17) is 10.5 Å². The van der Waals surface area contributed by atoms with Gasteiger partial charge in [0, 0.05) is 28.1 Å². The lowest BCUT2D eigenvalue weighted by Gasteiger charge is -2.09. The number of pyridine rings is 2. The van der Waals surface area contributed by atoms with Crippen molar-refractivity contribution in [2.45, 2.75) is 9.92 Å². The van der Waals surface area contributed by atoms with Gasteiger partial charge in [-0.25, -0.2) is 4.98 Å². The van der Waals surface area contributed by atoms with E-state index in [1.807, 2.05) is 30.3 Å². The highest BCUT2D eigenvalue weighted by Crippen LogP contribution is 2.36. The highest BCUT2D eigenvalue weighted by atomic mass is 32.2. The van der Waals surface area contributed by atoms with Crippen LogP contribution in [0.4, 0.5) is 5.69 Å². The molecule has 2 aromatic heterocycles. The molecule has 3 aromatic rings. The summed E-state index contributed by atoms with van der Waals surface area (Å²) in [6.45, 7) is 0. The Morgan fingerprint density at radius 2 is 2.00 bits per heavy atom. The molecule has 0 spiro atoms. The molecule has 2 heterocycles. The number of rotatable bonds is 3. The number of methoxy groups -OCH3 is 1. The second kappa shape index (κ2) is 5.38. The normalized spacial score (nSPS) is 10.7. The summed E-state index contributed by atoms with van der Waals surface area (Å²) in [5.41, 5.74) is 6.58. The van der Waals surface area contributed by atoms with E-state index in [0.717, 1.165) is 26.4 Å². The van der Waals surface area contributed by atoms with E-state index < -0.39 is 0 Å². The fourth-order valence-electron chi connectivity index (χ4n) is 2.00. The predicted octanol–water partition coefficient (Wildman–Crippen LogP) is 3.37. The summed E-state index contributed by atoms with van der Waals surface area (Å²) in [4.78, 5) is 9.39.